The van der Waals surface area contributed by atoms with Gasteiger partial charge in [0.25, 0.3) is 0 Å². The fourth-order valence-electron chi connectivity index (χ4n) is 2.04. The third-order valence-electron chi connectivity index (χ3n) is 3.35. The topological polar surface area (TPSA) is 93.8 Å². The summed E-state index contributed by atoms with van der Waals surface area (Å²) in [5, 5.41) is 8.99. The number of aromatic nitrogens is 5. The molecule has 3 aromatic heterocycles. The molecule has 0 aliphatic heterocycles. The second-order valence-corrected chi connectivity index (χ2v) is 4.79. The van der Waals surface area contributed by atoms with E-state index in [4.69, 9.17) is 5.11 Å². The van der Waals surface area contributed by atoms with Crippen molar-refractivity contribution in [2.24, 2.45) is 0 Å². The summed E-state index contributed by atoms with van der Waals surface area (Å²) < 4.78 is 1.60. The summed E-state index contributed by atoms with van der Waals surface area (Å²) in [5.41, 5.74) is 2.51. The van der Waals surface area contributed by atoms with E-state index in [1.165, 1.54) is 12.5 Å². The molecule has 7 heteroatoms. The molecule has 0 radical (unpaired) electrons. The van der Waals surface area contributed by atoms with E-state index < -0.39 is 5.97 Å². The molecule has 0 bridgehead atoms. The van der Waals surface area contributed by atoms with Gasteiger partial charge in [0.2, 0.25) is 0 Å². The van der Waals surface area contributed by atoms with Crippen molar-refractivity contribution in [3.8, 4) is 17.2 Å². The molecule has 3 rings (SSSR count). The van der Waals surface area contributed by atoms with Crippen molar-refractivity contribution in [3.63, 3.8) is 0 Å². The molecular formula is C15H13N5O2. The van der Waals surface area contributed by atoms with E-state index in [9.17, 15) is 4.79 Å². The smallest absolute Gasteiger partial charge is 0.356 e. The van der Waals surface area contributed by atoms with E-state index in [1.54, 1.807) is 17.0 Å². The van der Waals surface area contributed by atoms with Gasteiger partial charge in [-0.2, -0.15) is 0 Å². The van der Waals surface area contributed by atoms with Crippen LogP contribution in [0.25, 0.3) is 17.2 Å². The summed E-state index contributed by atoms with van der Waals surface area (Å²) in [4.78, 5) is 27.8. The third-order valence-corrected chi connectivity index (χ3v) is 3.35. The number of carboxylic acids is 1. The summed E-state index contributed by atoms with van der Waals surface area (Å²) in [7, 11) is 0. The predicted octanol–water partition coefficient (Wildman–Crippen LogP) is 2.04. The van der Waals surface area contributed by atoms with E-state index in [0.717, 1.165) is 16.8 Å². The molecule has 0 saturated heterocycles. The lowest BCUT2D eigenvalue weighted by Gasteiger charge is -2.10. The summed E-state index contributed by atoms with van der Waals surface area (Å²) in [6.45, 7) is 3.78. The molecule has 0 aliphatic rings. The molecule has 0 aromatic carbocycles. The van der Waals surface area contributed by atoms with E-state index in [1.807, 2.05) is 26.0 Å². The first-order valence-corrected chi connectivity index (χ1v) is 6.59. The third kappa shape index (κ3) is 2.44. The number of aromatic carboxylic acids is 1. The van der Waals surface area contributed by atoms with Crippen LogP contribution in [0.3, 0.4) is 0 Å². The molecule has 0 fully saturated rings. The molecule has 0 saturated carbocycles. The molecule has 0 aliphatic carbocycles. The minimum absolute atomic E-state index is 0.0267. The van der Waals surface area contributed by atoms with Crippen LogP contribution in [-0.2, 0) is 0 Å². The highest BCUT2D eigenvalue weighted by molar-refractivity contribution is 5.85. The normalized spacial score (nSPS) is 10.6. The Balaban J connectivity index is 2.14. The maximum absolute atomic E-state index is 11.0. The van der Waals surface area contributed by atoms with Crippen LogP contribution in [0.2, 0.25) is 0 Å². The Labute approximate surface area is 126 Å². The lowest BCUT2D eigenvalue weighted by molar-refractivity contribution is 0.0691. The van der Waals surface area contributed by atoms with Gasteiger partial charge in [-0.3, -0.25) is 9.55 Å². The van der Waals surface area contributed by atoms with Gasteiger partial charge in [0.1, 0.15) is 12.1 Å². The number of nitrogens with zero attached hydrogens (tertiary/aromatic N) is 5. The Morgan fingerprint density at radius 2 is 1.91 bits per heavy atom. The Bertz CT molecular complexity index is 842. The Kier molecular flexibility index (Phi) is 3.38. The van der Waals surface area contributed by atoms with Gasteiger partial charge >= 0.3 is 5.97 Å². The highest BCUT2D eigenvalue weighted by Crippen LogP contribution is 2.20. The summed E-state index contributed by atoms with van der Waals surface area (Å²) in [6, 6.07) is 3.65. The number of hydrogen-bond acceptors (Lipinski definition) is 5. The molecule has 0 amide bonds. The maximum atomic E-state index is 11.0. The minimum atomic E-state index is -1.07. The highest BCUT2D eigenvalue weighted by atomic mass is 16.4. The molecular weight excluding hydrogens is 282 g/mol. The van der Waals surface area contributed by atoms with E-state index in [-0.39, 0.29) is 5.69 Å². The van der Waals surface area contributed by atoms with Gasteiger partial charge in [-0.25, -0.2) is 19.7 Å². The van der Waals surface area contributed by atoms with Gasteiger partial charge in [-0.15, -0.1) is 0 Å². The Morgan fingerprint density at radius 3 is 2.55 bits per heavy atom. The fourth-order valence-corrected chi connectivity index (χ4v) is 2.04. The van der Waals surface area contributed by atoms with Gasteiger partial charge in [0.05, 0.1) is 0 Å². The molecule has 3 aromatic rings. The van der Waals surface area contributed by atoms with Crippen molar-refractivity contribution < 1.29 is 9.90 Å². The number of carboxylic acid groups (broad SMARTS) is 1. The van der Waals surface area contributed by atoms with Crippen molar-refractivity contribution in [2.45, 2.75) is 13.8 Å². The van der Waals surface area contributed by atoms with Gasteiger partial charge in [-0.05, 0) is 26.0 Å². The minimum Gasteiger partial charge on any atom is -0.476 e. The predicted molar refractivity (Wildman–Crippen MR) is 78.8 cm³/mol. The van der Waals surface area contributed by atoms with Crippen molar-refractivity contribution in [1.29, 1.82) is 0 Å². The van der Waals surface area contributed by atoms with Crippen LogP contribution < -0.4 is 0 Å². The van der Waals surface area contributed by atoms with Crippen LogP contribution in [0.1, 0.15) is 21.7 Å². The number of carbonyl (C=O) groups is 1. The van der Waals surface area contributed by atoms with Crippen molar-refractivity contribution in [2.75, 3.05) is 0 Å². The molecule has 110 valence electrons. The SMILES string of the molecule is Cc1nc(-c2ccncc2)nc(-n2cnc(C(=O)O)c2)c1C. The Morgan fingerprint density at radius 1 is 1.18 bits per heavy atom. The van der Waals surface area contributed by atoms with E-state index in [2.05, 4.69) is 19.9 Å². The number of aryl methyl sites for hydroxylation is 1. The average molecular weight is 295 g/mol. The molecule has 0 atom stereocenters. The standard InChI is InChI=1S/C15H13N5O2/c1-9-10(2)18-13(11-3-5-16-6-4-11)19-14(9)20-7-12(15(21)22)17-8-20/h3-8H,1-2H3,(H,21,22). The summed E-state index contributed by atoms with van der Waals surface area (Å²) in [5.74, 6) is 0.0990. The largest absolute Gasteiger partial charge is 0.476 e. The van der Waals surface area contributed by atoms with Gasteiger partial charge in [-0.1, -0.05) is 0 Å². The van der Waals surface area contributed by atoms with Crippen molar-refractivity contribution >= 4 is 5.97 Å². The number of pyridine rings is 1. The molecule has 3 heterocycles. The zero-order valence-electron chi connectivity index (χ0n) is 12.1. The first-order valence-electron chi connectivity index (χ1n) is 6.59. The van der Waals surface area contributed by atoms with Gasteiger partial charge in [0.15, 0.2) is 11.5 Å². The molecule has 22 heavy (non-hydrogen) atoms. The van der Waals surface area contributed by atoms with Crippen LogP contribution in [-0.4, -0.2) is 35.6 Å². The lowest BCUT2D eigenvalue weighted by atomic mass is 10.2. The molecule has 1 N–H and O–H groups in total. The van der Waals surface area contributed by atoms with Crippen molar-refractivity contribution in [1.82, 2.24) is 24.5 Å². The Hall–Kier alpha value is -3.09. The highest BCUT2D eigenvalue weighted by Gasteiger charge is 2.14. The zero-order valence-corrected chi connectivity index (χ0v) is 12.1. The first-order chi connectivity index (χ1) is 10.6. The number of rotatable bonds is 3. The van der Waals surface area contributed by atoms with E-state index >= 15 is 0 Å². The summed E-state index contributed by atoms with van der Waals surface area (Å²) >= 11 is 0. The van der Waals surface area contributed by atoms with Crippen LogP contribution in [0.4, 0.5) is 0 Å². The van der Waals surface area contributed by atoms with Crippen LogP contribution in [0, 0.1) is 13.8 Å². The van der Waals surface area contributed by atoms with Crippen LogP contribution in [0.15, 0.2) is 37.1 Å². The molecule has 0 spiro atoms. The lowest BCUT2D eigenvalue weighted by Crippen LogP contribution is -2.05. The quantitative estimate of drug-likeness (QED) is 0.794. The van der Waals surface area contributed by atoms with Gasteiger partial charge < -0.3 is 5.11 Å². The van der Waals surface area contributed by atoms with Crippen LogP contribution >= 0.6 is 0 Å². The zero-order chi connectivity index (χ0) is 15.7. The summed E-state index contributed by atoms with van der Waals surface area (Å²) in [6.07, 6.45) is 6.22. The second-order valence-electron chi connectivity index (χ2n) is 4.79. The van der Waals surface area contributed by atoms with E-state index in [0.29, 0.717) is 11.6 Å². The maximum Gasteiger partial charge on any atom is 0.356 e. The van der Waals surface area contributed by atoms with Crippen LogP contribution in [0.5, 0.6) is 0 Å². The number of hydrogen-bond donors (Lipinski definition) is 1. The number of imidazole rings is 1. The van der Waals surface area contributed by atoms with Gasteiger partial charge in [0, 0.05) is 35.4 Å². The second kappa shape index (κ2) is 5.36. The first kappa shape index (κ1) is 13.9. The van der Waals surface area contributed by atoms with Crippen molar-refractivity contribution in [3.05, 3.63) is 54.0 Å². The average Bonchev–Trinajstić information content (AvgIpc) is 3.01. The molecule has 7 nitrogen and oxygen atoms in total. The molecule has 0 unspecified atom stereocenters. The monoisotopic (exact) mass is 295 g/mol. The fraction of sp³-hybridized carbons (Fsp3) is 0.133.